The van der Waals surface area contributed by atoms with E-state index in [1.165, 1.54) is 0 Å². The number of carbonyl (C=O) groups is 2. The van der Waals surface area contributed by atoms with E-state index in [4.69, 9.17) is 9.47 Å². The molecule has 0 unspecified atom stereocenters. The van der Waals surface area contributed by atoms with Crippen molar-refractivity contribution >= 4 is 11.6 Å². The molecule has 100 valence electrons. The number of carbonyl (C=O) groups excluding carboxylic acids is 2. The highest BCUT2D eigenvalue weighted by Crippen LogP contribution is 2.46. The van der Waals surface area contributed by atoms with Gasteiger partial charge in [0.15, 0.2) is 0 Å². The summed E-state index contributed by atoms with van der Waals surface area (Å²) in [7, 11) is 0. The Kier molecular flexibility index (Phi) is 2.22. The van der Waals surface area contributed by atoms with E-state index in [0.29, 0.717) is 32.1 Å². The molecule has 4 heteroatoms. The largest absolute Gasteiger partial charge is 0.363 e. The van der Waals surface area contributed by atoms with E-state index >= 15 is 0 Å². The fourth-order valence-corrected chi connectivity index (χ4v) is 3.84. The average Bonchev–Trinajstić information content (AvgIpc) is 2.76. The molecule has 19 heavy (non-hydrogen) atoms. The number of fused-ring (bicyclic) bond motifs is 4. The highest BCUT2D eigenvalue weighted by molar-refractivity contribution is 5.83. The van der Waals surface area contributed by atoms with Crippen LogP contribution in [0.3, 0.4) is 0 Å². The average molecular weight is 260 g/mol. The Bertz CT molecular complexity index is 474. The Morgan fingerprint density at radius 3 is 1.89 bits per heavy atom. The van der Waals surface area contributed by atoms with E-state index < -0.39 is 11.2 Å². The molecule has 0 aromatic rings. The molecule has 4 rings (SSSR count). The van der Waals surface area contributed by atoms with Gasteiger partial charge in [0, 0.05) is 32.1 Å². The van der Waals surface area contributed by atoms with Crippen molar-refractivity contribution in [3.05, 3.63) is 24.3 Å². The standard InChI is InChI=1S/C15H16O4/c16-10-5-12-1-3-14(7-10,18-12)9-15-4-2-13(19-15)6-11(17)8-15/h1-4,12-13H,5-9H2/t12-,13-,14+,15+/m1/s1. The summed E-state index contributed by atoms with van der Waals surface area (Å²) in [5.74, 6) is 0.469. The molecular formula is C15H16O4. The maximum Gasteiger partial charge on any atom is 0.139 e. The lowest BCUT2D eigenvalue weighted by Crippen LogP contribution is -2.48. The second-order valence-electron chi connectivity index (χ2n) is 6.18. The minimum absolute atomic E-state index is 0.0851. The van der Waals surface area contributed by atoms with Crippen molar-refractivity contribution in [3.8, 4) is 0 Å². The number of hydrogen-bond donors (Lipinski definition) is 0. The number of Topliss-reactive ketones (excluding diaryl/α,β-unsaturated/α-hetero) is 2. The first-order chi connectivity index (χ1) is 9.07. The first-order valence-electron chi connectivity index (χ1n) is 6.84. The second kappa shape index (κ2) is 3.64. The van der Waals surface area contributed by atoms with Crippen LogP contribution in [0.1, 0.15) is 32.1 Å². The Balaban J connectivity index is 1.61. The zero-order valence-electron chi connectivity index (χ0n) is 10.6. The van der Waals surface area contributed by atoms with Crippen LogP contribution in [0.5, 0.6) is 0 Å². The lowest BCUT2D eigenvalue weighted by atomic mass is 9.80. The van der Waals surface area contributed by atoms with Crippen LogP contribution in [-0.2, 0) is 19.1 Å². The lowest BCUT2D eigenvalue weighted by molar-refractivity contribution is -0.156. The maximum absolute atomic E-state index is 11.8. The van der Waals surface area contributed by atoms with E-state index in [-0.39, 0.29) is 23.8 Å². The molecule has 2 fully saturated rings. The predicted molar refractivity (Wildman–Crippen MR) is 66.6 cm³/mol. The molecule has 4 aliphatic rings. The van der Waals surface area contributed by atoms with Crippen molar-refractivity contribution in [1.82, 2.24) is 0 Å². The summed E-state index contributed by atoms with van der Waals surface area (Å²) in [5, 5.41) is 0. The molecule has 0 spiro atoms. The molecule has 4 heterocycles. The molecule has 0 aromatic carbocycles. The van der Waals surface area contributed by atoms with Crippen molar-refractivity contribution in [2.75, 3.05) is 0 Å². The SMILES string of the molecule is O=C1C[C@H]2C=C[C@@](C[C@]34C=C[C@H](CC(=O)C3)O4)(C1)O2. The normalized spacial score (nSPS) is 47.2. The van der Waals surface area contributed by atoms with Crippen LogP contribution < -0.4 is 0 Å². The topological polar surface area (TPSA) is 52.6 Å². The molecule has 4 atom stereocenters. The molecule has 0 aromatic heterocycles. The van der Waals surface area contributed by atoms with Gasteiger partial charge >= 0.3 is 0 Å². The number of ether oxygens (including phenoxy) is 2. The first kappa shape index (κ1) is 11.6. The molecule has 0 radical (unpaired) electrons. The fourth-order valence-electron chi connectivity index (χ4n) is 3.84. The van der Waals surface area contributed by atoms with E-state index in [1.54, 1.807) is 0 Å². The van der Waals surface area contributed by atoms with Crippen molar-refractivity contribution in [2.45, 2.75) is 55.5 Å². The van der Waals surface area contributed by atoms with E-state index in [2.05, 4.69) is 0 Å². The highest BCUT2D eigenvalue weighted by Gasteiger charge is 2.52. The summed E-state index contributed by atoms with van der Waals surface area (Å²) in [6, 6.07) is 0. The van der Waals surface area contributed by atoms with Gasteiger partial charge in [-0.1, -0.05) is 24.3 Å². The Morgan fingerprint density at radius 2 is 1.42 bits per heavy atom. The van der Waals surface area contributed by atoms with Gasteiger partial charge in [-0.3, -0.25) is 9.59 Å². The van der Waals surface area contributed by atoms with E-state index in [9.17, 15) is 9.59 Å². The number of ketones is 2. The van der Waals surface area contributed by atoms with Crippen molar-refractivity contribution < 1.29 is 19.1 Å². The second-order valence-corrected chi connectivity index (χ2v) is 6.18. The minimum Gasteiger partial charge on any atom is -0.363 e. The molecule has 0 aliphatic carbocycles. The highest BCUT2D eigenvalue weighted by atomic mass is 16.5. The third-order valence-corrected chi connectivity index (χ3v) is 4.45. The molecule has 0 amide bonds. The van der Waals surface area contributed by atoms with Gasteiger partial charge in [-0.05, 0) is 0 Å². The van der Waals surface area contributed by atoms with Gasteiger partial charge < -0.3 is 9.47 Å². The Labute approximate surface area is 111 Å². The van der Waals surface area contributed by atoms with Gasteiger partial charge in [0.2, 0.25) is 0 Å². The third kappa shape index (κ3) is 1.82. The molecule has 4 nitrogen and oxygen atoms in total. The van der Waals surface area contributed by atoms with Crippen LogP contribution in [0.2, 0.25) is 0 Å². The van der Waals surface area contributed by atoms with E-state index in [0.717, 1.165) is 0 Å². The van der Waals surface area contributed by atoms with Gasteiger partial charge in [-0.25, -0.2) is 0 Å². The summed E-state index contributed by atoms with van der Waals surface area (Å²) < 4.78 is 12.0. The minimum atomic E-state index is -0.559. The number of hydrogen-bond acceptors (Lipinski definition) is 4. The summed E-state index contributed by atoms with van der Waals surface area (Å²) >= 11 is 0. The maximum atomic E-state index is 11.8. The van der Waals surface area contributed by atoms with Gasteiger partial charge in [-0.15, -0.1) is 0 Å². The Hall–Kier alpha value is -1.26. The van der Waals surface area contributed by atoms with Crippen molar-refractivity contribution in [1.29, 1.82) is 0 Å². The molecule has 0 N–H and O–H groups in total. The van der Waals surface area contributed by atoms with Gasteiger partial charge in [0.25, 0.3) is 0 Å². The van der Waals surface area contributed by atoms with Gasteiger partial charge in [0.05, 0.1) is 23.4 Å². The van der Waals surface area contributed by atoms with Crippen molar-refractivity contribution in [3.63, 3.8) is 0 Å². The summed E-state index contributed by atoms with van der Waals surface area (Å²) in [4.78, 5) is 23.6. The zero-order valence-corrected chi connectivity index (χ0v) is 10.6. The first-order valence-corrected chi connectivity index (χ1v) is 6.84. The zero-order chi connectivity index (χ0) is 13.1. The number of rotatable bonds is 2. The predicted octanol–water partition coefficient (Wildman–Crippen LogP) is 1.49. The molecule has 0 saturated carbocycles. The van der Waals surface area contributed by atoms with E-state index in [1.807, 2.05) is 24.3 Å². The van der Waals surface area contributed by atoms with Crippen molar-refractivity contribution in [2.24, 2.45) is 0 Å². The Morgan fingerprint density at radius 1 is 0.947 bits per heavy atom. The molecule has 4 bridgehead atoms. The van der Waals surface area contributed by atoms with Crippen LogP contribution in [0.4, 0.5) is 0 Å². The molecule has 2 saturated heterocycles. The van der Waals surface area contributed by atoms with Crippen LogP contribution >= 0.6 is 0 Å². The lowest BCUT2D eigenvalue weighted by Gasteiger charge is -2.41. The summed E-state index contributed by atoms with van der Waals surface area (Å²) in [6.45, 7) is 0. The summed E-state index contributed by atoms with van der Waals surface area (Å²) in [5.41, 5.74) is -1.12. The quantitative estimate of drug-likeness (QED) is 0.706. The molecule has 4 aliphatic heterocycles. The van der Waals surface area contributed by atoms with Crippen LogP contribution in [-0.4, -0.2) is 35.0 Å². The third-order valence-electron chi connectivity index (χ3n) is 4.45. The smallest absolute Gasteiger partial charge is 0.139 e. The molecular weight excluding hydrogens is 244 g/mol. The monoisotopic (exact) mass is 260 g/mol. The van der Waals surface area contributed by atoms with Crippen LogP contribution in [0.25, 0.3) is 0 Å². The van der Waals surface area contributed by atoms with Gasteiger partial charge in [-0.2, -0.15) is 0 Å². The van der Waals surface area contributed by atoms with Gasteiger partial charge in [0.1, 0.15) is 11.6 Å². The van der Waals surface area contributed by atoms with Crippen LogP contribution in [0, 0.1) is 0 Å². The fraction of sp³-hybridized carbons (Fsp3) is 0.600. The summed E-state index contributed by atoms with van der Waals surface area (Å²) in [6.07, 6.45) is 10.1. The van der Waals surface area contributed by atoms with Crippen LogP contribution in [0.15, 0.2) is 24.3 Å².